The highest BCUT2D eigenvalue weighted by atomic mass is 32.2. The van der Waals surface area contributed by atoms with Crippen molar-refractivity contribution in [3.8, 4) is 0 Å². The normalized spacial score (nSPS) is 18.4. The van der Waals surface area contributed by atoms with Gasteiger partial charge in [0, 0.05) is 62.6 Å². The second-order valence-corrected chi connectivity index (χ2v) is 8.00. The fourth-order valence-electron chi connectivity index (χ4n) is 3.28. The van der Waals surface area contributed by atoms with Crippen molar-refractivity contribution in [1.82, 2.24) is 9.80 Å². The van der Waals surface area contributed by atoms with E-state index in [1.165, 1.54) is 22.0 Å². The van der Waals surface area contributed by atoms with Crippen molar-refractivity contribution in [2.45, 2.75) is 32.7 Å². The smallest absolute Gasteiger partial charge is 0.229 e. The summed E-state index contributed by atoms with van der Waals surface area (Å²) in [6, 6.07) is 6.11. The van der Waals surface area contributed by atoms with Gasteiger partial charge in [0.1, 0.15) is 0 Å². The van der Waals surface area contributed by atoms with Crippen LogP contribution in [0.25, 0.3) is 0 Å². The van der Waals surface area contributed by atoms with Crippen molar-refractivity contribution < 1.29 is 14.4 Å². The predicted octanol–water partition coefficient (Wildman–Crippen LogP) is 2.02. The summed E-state index contributed by atoms with van der Waals surface area (Å²) in [4.78, 5) is 39.0. The molecule has 6 nitrogen and oxygen atoms in total. The summed E-state index contributed by atoms with van der Waals surface area (Å²) >= 11 is 2.00. The quantitative estimate of drug-likeness (QED) is 0.771. The number of nitrogens with zero attached hydrogens (tertiary/aromatic N) is 2. The molecule has 0 bridgehead atoms. The minimum Gasteiger partial charge on any atom is -0.326 e. The Balaban J connectivity index is 1.51. The van der Waals surface area contributed by atoms with E-state index in [0.717, 1.165) is 30.9 Å². The Bertz CT molecular complexity index is 685. The first-order valence-corrected chi connectivity index (χ1v) is 10.2. The maximum atomic E-state index is 12.2. The molecule has 0 radical (unpaired) electrons. The van der Waals surface area contributed by atoms with Crippen LogP contribution in [0.2, 0.25) is 0 Å². The van der Waals surface area contributed by atoms with Crippen molar-refractivity contribution in [2.24, 2.45) is 0 Å². The number of likely N-dealkylation sites (tertiary alicyclic amines) is 1. The molecule has 140 valence electrons. The first-order valence-electron chi connectivity index (χ1n) is 9.05. The number of hydrogen-bond donors (Lipinski definition) is 1. The lowest BCUT2D eigenvalue weighted by Crippen LogP contribution is -2.32. The number of amides is 3. The van der Waals surface area contributed by atoms with Crippen LogP contribution >= 0.6 is 11.8 Å². The number of imide groups is 1. The summed E-state index contributed by atoms with van der Waals surface area (Å²) in [5.41, 5.74) is 3.06. The summed E-state index contributed by atoms with van der Waals surface area (Å²) in [7, 11) is 0. The van der Waals surface area contributed by atoms with E-state index in [2.05, 4.69) is 22.3 Å². The summed E-state index contributed by atoms with van der Waals surface area (Å²) in [6.07, 6.45) is 0.650. The summed E-state index contributed by atoms with van der Waals surface area (Å²) in [5.74, 6) is 1.84. The Morgan fingerprint density at radius 2 is 1.85 bits per heavy atom. The van der Waals surface area contributed by atoms with Gasteiger partial charge in [-0.25, -0.2) is 0 Å². The maximum absolute atomic E-state index is 12.2. The van der Waals surface area contributed by atoms with Gasteiger partial charge in [-0.1, -0.05) is 12.1 Å². The molecule has 2 aliphatic heterocycles. The number of benzene rings is 1. The molecular formula is C19H25N3O3S. The second-order valence-electron chi connectivity index (χ2n) is 6.78. The van der Waals surface area contributed by atoms with Gasteiger partial charge in [-0.05, 0) is 24.1 Å². The summed E-state index contributed by atoms with van der Waals surface area (Å²) in [5, 5.41) is 2.89. The number of carbonyl (C=O) groups is 3. The molecule has 2 saturated heterocycles. The zero-order valence-electron chi connectivity index (χ0n) is 15.1. The van der Waals surface area contributed by atoms with E-state index < -0.39 is 0 Å². The molecule has 1 aromatic rings. The number of aryl methyl sites for hydroxylation is 1. The molecule has 3 rings (SSSR count). The Labute approximate surface area is 158 Å². The fourth-order valence-corrected chi connectivity index (χ4v) is 4.26. The van der Waals surface area contributed by atoms with Crippen molar-refractivity contribution in [3.05, 3.63) is 29.3 Å². The van der Waals surface area contributed by atoms with Gasteiger partial charge in [-0.3, -0.25) is 24.2 Å². The van der Waals surface area contributed by atoms with Crippen LogP contribution in [0, 0.1) is 6.92 Å². The largest absolute Gasteiger partial charge is 0.326 e. The molecule has 0 unspecified atom stereocenters. The summed E-state index contributed by atoms with van der Waals surface area (Å²) in [6.45, 7) is 5.33. The lowest BCUT2D eigenvalue weighted by Gasteiger charge is -2.26. The highest BCUT2D eigenvalue weighted by Gasteiger charge is 2.28. The second kappa shape index (κ2) is 8.68. The molecule has 0 atom stereocenters. The fraction of sp³-hybridized carbons (Fsp3) is 0.526. The molecule has 2 aliphatic rings. The number of thioether (sulfide) groups is 1. The van der Waals surface area contributed by atoms with Gasteiger partial charge in [-0.15, -0.1) is 0 Å². The van der Waals surface area contributed by atoms with Crippen molar-refractivity contribution >= 4 is 35.2 Å². The van der Waals surface area contributed by atoms with Crippen LogP contribution in [0.5, 0.6) is 0 Å². The van der Waals surface area contributed by atoms with E-state index in [9.17, 15) is 14.4 Å². The van der Waals surface area contributed by atoms with Crippen LogP contribution in [0.1, 0.15) is 30.4 Å². The van der Waals surface area contributed by atoms with E-state index in [0.29, 0.717) is 0 Å². The average Bonchev–Trinajstić information content (AvgIpc) is 2.94. The third-order valence-corrected chi connectivity index (χ3v) is 5.73. The van der Waals surface area contributed by atoms with Gasteiger partial charge in [0.15, 0.2) is 0 Å². The van der Waals surface area contributed by atoms with Gasteiger partial charge >= 0.3 is 0 Å². The topological polar surface area (TPSA) is 69.7 Å². The summed E-state index contributed by atoms with van der Waals surface area (Å²) < 4.78 is 0. The highest BCUT2D eigenvalue weighted by Crippen LogP contribution is 2.20. The molecule has 2 heterocycles. The van der Waals surface area contributed by atoms with E-state index in [1.54, 1.807) is 0 Å². The van der Waals surface area contributed by atoms with E-state index >= 15 is 0 Å². The number of rotatable bonds is 6. The van der Waals surface area contributed by atoms with E-state index in [-0.39, 0.29) is 43.5 Å². The first kappa shape index (κ1) is 18.9. The number of carbonyl (C=O) groups excluding carboxylic acids is 3. The standard InChI is InChI=1S/C19H25N3O3S/c1-14-12-15(13-21-8-10-26-11-9-21)2-3-16(14)20-17(23)6-7-22-18(24)4-5-19(22)25/h2-3,12H,4-11,13H2,1H3,(H,20,23). The Kier molecular flexibility index (Phi) is 6.32. The molecule has 7 heteroatoms. The molecule has 1 aromatic carbocycles. The van der Waals surface area contributed by atoms with Crippen LogP contribution in [0.3, 0.4) is 0 Å². The van der Waals surface area contributed by atoms with Crippen molar-refractivity contribution in [3.63, 3.8) is 0 Å². The molecule has 3 amide bonds. The lowest BCUT2D eigenvalue weighted by atomic mass is 10.1. The van der Waals surface area contributed by atoms with Crippen LogP contribution in [-0.2, 0) is 20.9 Å². The Hall–Kier alpha value is -1.86. The molecule has 0 saturated carbocycles. The zero-order valence-corrected chi connectivity index (χ0v) is 15.9. The van der Waals surface area contributed by atoms with Crippen molar-refractivity contribution in [2.75, 3.05) is 36.5 Å². The minimum atomic E-state index is -0.181. The SMILES string of the molecule is Cc1cc(CN2CCSCC2)ccc1NC(=O)CCN1C(=O)CCC1=O. The van der Waals surface area contributed by atoms with Gasteiger partial charge < -0.3 is 5.32 Å². The Morgan fingerprint density at radius 3 is 2.50 bits per heavy atom. The van der Waals surface area contributed by atoms with Gasteiger partial charge in [0.2, 0.25) is 17.7 Å². The molecule has 0 aliphatic carbocycles. The lowest BCUT2D eigenvalue weighted by molar-refractivity contribution is -0.138. The predicted molar refractivity (Wildman–Crippen MR) is 103 cm³/mol. The van der Waals surface area contributed by atoms with Crippen molar-refractivity contribution in [1.29, 1.82) is 0 Å². The van der Waals surface area contributed by atoms with Crippen LogP contribution in [-0.4, -0.2) is 58.7 Å². The first-order chi connectivity index (χ1) is 12.5. The highest BCUT2D eigenvalue weighted by molar-refractivity contribution is 7.99. The zero-order chi connectivity index (χ0) is 18.5. The minimum absolute atomic E-state index is 0.129. The molecule has 0 aromatic heterocycles. The number of hydrogen-bond acceptors (Lipinski definition) is 5. The Morgan fingerprint density at radius 1 is 1.15 bits per heavy atom. The molecule has 26 heavy (non-hydrogen) atoms. The van der Waals surface area contributed by atoms with Crippen LogP contribution in [0.15, 0.2) is 18.2 Å². The third kappa shape index (κ3) is 4.86. The van der Waals surface area contributed by atoms with E-state index in [1.807, 2.05) is 24.8 Å². The third-order valence-electron chi connectivity index (χ3n) is 4.79. The molecule has 0 spiro atoms. The van der Waals surface area contributed by atoms with Crippen LogP contribution < -0.4 is 5.32 Å². The maximum Gasteiger partial charge on any atom is 0.229 e. The number of nitrogens with one attached hydrogen (secondary N) is 1. The van der Waals surface area contributed by atoms with Gasteiger partial charge in [-0.2, -0.15) is 11.8 Å². The van der Waals surface area contributed by atoms with Gasteiger partial charge in [0.25, 0.3) is 0 Å². The van der Waals surface area contributed by atoms with Gasteiger partial charge in [0.05, 0.1) is 0 Å². The monoisotopic (exact) mass is 375 g/mol. The van der Waals surface area contributed by atoms with Crippen LogP contribution in [0.4, 0.5) is 5.69 Å². The van der Waals surface area contributed by atoms with E-state index in [4.69, 9.17) is 0 Å². The average molecular weight is 375 g/mol. The molecular weight excluding hydrogens is 350 g/mol. The molecule has 1 N–H and O–H groups in total. The molecule has 2 fully saturated rings. The number of anilines is 1.